The predicted octanol–water partition coefficient (Wildman–Crippen LogP) is 0.390. The Morgan fingerprint density at radius 2 is 2.06 bits per heavy atom. The van der Waals surface area contributed by atoms with E-state index in [0.29, 0.717) is 6.54 Å². The molecule has 0 bridgehead atoms. The van der Waals surface area contributed by atoms with E-state index in [2.05, 4.69) is 0 Å². The van der Waals surface area contributed by atoms with E-state index < -0.39 is 23.6 Å². The minimum absolute atomic E-state index is 0.0620. The van der Waals surface area contributed by atoms with Crippen LogP contribution in [0.1, 0.15) is 20.8 Å². The lowest BCUT2D eigenvalue weighted by atomic mass is 10.2. The van der Waals surface area contributed by atoms with E-state index in [4.69, 9.17) is 9.47 Å². The number of hydrogen-bond acceptors (Lipinski definition) is 5. The highest BCUT2D eigenvalue weighted by Gasteiger charge is 2.31. The zero-order chi connectivity index (χ0) is 13.1. The third-order valence-electron chi connectivity index (χ3n) is 2.15. The van der Waals surface area contributed by atoms with Gasteiger partial charge < -0.3 is 14.4 Å². The van der Waals surface area contributed by atoms with Gasteiger partial charge in [-0.3, -0.25) is 9.59 Å². The average Bonchev–Trinajstić information content (AvgIpc) is 2.26. The first-order valence-corrected chi connectivity index (χ1v) is 5.42. The summed E-state index contributed by atoms with van der Waals surface area (Å²) in [7, 11) is 0. The number of amides is 1. The Bertz CT molecular complexity index is 320. The lowest BCUT2D eigenvalue weighted by Crippen LogP contribution is -2.50. The first-order chi connectivity index (χ1) is 7.83. The standard InChI is InChI=1S/C11H17NO5/c1-11(2,3)17-10(15)12-4-5-16-9(6-12)8(14)7-13/h7,9H,4-6H2,1-3H3/t9-/m0/s1. The summed E-state index contributed by atoms with van der Waals surface area (Å²) < 4.78 is 10.3. The van der Waals surface area contributed by atoms with E-state index in [1.54, 1.807) is 20.8 Å². The van der Waals surface area contributed by atoms with Gasteiger partial charge in [-0.15, -0.1) is 0 Å². The maximum absolute atomic E-state index is 11.7. The van der Waals surface area contributed by atoms with E-state index >= 15 is 0 Å². The molecule has 6 heteroatoms. The Hall–Kier alpha value is -1.43. The molecular weight excluding hydrogens is 226 g/mol. The van der Waals surface area contributed by atoms with E-state index in [0.717, 1.165) is 0 Å². The Kier molecular flexibility index (Phi) is 4.22. The number of nitrogens with zero attached hydrogens (tertiary/aromatic N) is 1. The fourth-order valence-corrected chi connectivity index (χ4v) is 1.39. The Morgan fingerprint density at radius 1 is 1.41 bits per heavy atom. The van der Waals surface area contributed by atoms with Crippen LogP contribution in [0.25, 0.3) is 0 Å². The molecule has 0 saturated carbocycles. The van der Waals surface area contributed by atoms with Crippen LogP contribution in [0.3, 0.4) is 0 Å². The molecule has 0 aromatic heterocycles. The number of ketones is 1. The SMILES string of the molecule is CC(C)(C)OC(=O)N1CCO[C@H](C(=O)C=O)C1. The van der Waals surface area contributed by atoms with E-state index in [-0.39, 0.29) is 19.4 Å². The summed E-state index contributed by atoms with van der Waals surface area (Å²) in [5.41, 5.74) is -0.584. The molecule has 1 atom stereocenters. The van der Waals surface area contributed by atoms with Crippen molar-refractivity contribution in [3.8, 4) is 0 Å². The quantitative estimate of drug-likeness (QED) is 0.518. The zero-order valence-electron chi connectivity index (χ0n) is 10.3. The summed E-state index contributed by atoms with van der Waals surface area (Å²) in [5.74, 6) is -0.654. The van der Waals surface area contributed by atoms with Gasteiger partial charge >= 0.3 is 6.09 Å². The molecule has 0 radical (unpaired) electrons. The van der Waals surface area contributed by atoms with Crippen LogP contribution >= 0.6 is 0 Å². The van der Waals surface area contributed by atoms with Gasteiger partial charge in [-0.1, -0.05) is 0 Å². The fourth-order valence-electron chi connectivity index (χ4n) is 1.39. The first kappa shape index (κ1) is 13.6. The molecule has 0 aliphatic carbocycles. The van der Waals surface area contributed by atoms with Crippen LogP contribution < -0.4 is 0 Å². The Labute approximate surface area is 99.9 Å². The zero-order valence-corrected chi connectivity index (χ0v) is 10.3. The predicted molar refractivity (Wildman–Crippen MR) is 58.6 cm³/mol. The topological polar surface area (TPSA) is 72.9 Å². The van der Waals surface area contributed by atoms with Gasteiger partial charge in [0.2, 0.25) is 5.78 Å². The summed E-state index contributed by atoms with van der Waals surface area (Å²) in [5, 5.41) is 0. The number of Topliss-reactive ketones (excluding diaryl/α,β-unsaturated/α-hetero) is 1. The maximum atomic E-state index is 11.7. The highest BCUT2D eigenvalue weighted by molar-refractivity contribution is 6.27. The van der Waals surface area contributed by atoms with Gasteiger partial charge in [-0.25, -0.2) is 4.79 Å². The summed E-state index contributed by atoms with van der Waals surface area (Å²) in [6, 6.07) is 0. The van der Waals surface area contributed by atoms with Gasteiger partial charge in [0.25, 0.3) is 0 Å². The molecule has 0 spiro atoms. The van der Waals surface area contributed by atoms with Crippen LogP contribution in [0, 0.1) is 0 Å². The van der Waals surface area contributed by atoms with Crippen LogP contribution in [0.4, 0.5) is 4.79 Å². The molecule has 0 aromatic carbocycles. The van der Waals surface area contributed by atoms with Crippen LogP contribution in [0.2, 0.25) is 0 Å². The highest BCUT2D eigenvalue weighted by Crippen LogP contribution is 2.13. The second kappa shape index (κ2) is 5.27. The third-order valence-corrected chi connectivity index (χ3v) is 2.15. The van der Waals surface area contributed by atoms with Crippen LogP contribution in [-0.2, 0) is 19.1 Å². The summed E-state index contributed by atoms with van der Waals surface area (Å²) in [6.07, 6.45) is -1.15. The molecule has 0 N–H and O–H groups in total. The van der Waals surface area contributed by atoms with Gasteiger partial charge in [-0.05, 0) is 20.8 Å². The molecule has 1 aliphatic heterocycles. The molecule has 1 fully saturated rings. The minimum Gasteiger partial charge on any atom is -0.444 e. The number of carbonyl (C=O) groups is 3. The van der Waals surface area contributed by atoms with Gasteiger partial charge in [0.15, 0.2) is 6.29 Å². The van der Waals surface area contributed by atoms with Crippen molar-refractivity contribution in [2.45, 2.75) is 32.5 Å². The van der Waals surface area contributed by atoms with Crippen molar-refractivity contribution < 1.29 is 23.9 Å². The maximum Gasteiger partial charge on any atom is 0.410 e. The molecule has 0 unspecified atom stereocenters. The van der Waals surface area contributed by atoms with Gasteiger partial charge in [0.1, 0.15) is 11.7 Å². The lowest BCUT2D eigenvalue weighted by Gasteiger charge is -2.32. The molecule has 17 heavy (non-hydrogen) atoms. The van der Waals surface area contributed by atoms with E-state index in [1.807, 2.05) is 0 Å². The summed E-state index contributed by atoms with van der Waals surface area (Å²) in [4.78, 5) is 34.6. The lowest BCUT2D eigenvalue weighted by molar-refractivity contribution is -0.141. The molecule has 1 rings (SSSR count). The fraction of sp³-hybridized carbons (Fsp3) is 0.727. The number of hydrogen-bond donors (Lipinski definition) is 0. The summed E-state index contributed by atoms with van der Waals surface area (Å²) in [6.45, 7) is 5.94. The molecular formula is C11H17NO5. The molecule has 1 aliphatic rings. The summed E-state index contributed by atoms with van der Waals surface area (Å²) >= 11 is 0. The molecule has 96 valence electrons. The second-order valence-electron chi connectivity index (χ2n) is 4.81. The van der Waals surface area contributed by atoms with Crippen LogP contribution in [0.15, 0.2) is 0 Å². The van der Waals surface area contributed by atoms with Crippen molar-refractivity contribution in [1.82, 2.24) is 4.90 Å². The highest BCUT2D eigenvalue weighted by atomic mass is 16.6. The van der Waals surface area contributed by atoms with Crippen molar-refractivity contribution in [2.75, 3.05) is 19.7 Å². The van der Waals surface area contributed by atoms with Crippen molar-refractivity contribution in [2.24, 2.45) is 0 Å². The first-order valence-electron chi connectivity index (χ1n) is 5.42. The molecule has 1 heterocycles. The van der Waals surface area contributed by atoms with Crippen LogP contribution in [0.5, 0.6) is 0 Å². The number of morpholine rings is 1. The van der Waals surface area contributed by atoms with Gasteiger partial charge in [0.05, 0.1) is 13.2 Å². The van der Waals surface area contributed by atoms with Gasteiger partial charge in [0, 0.05) is 6.54 Å². The minimum atomic E-state index is -0.867. The monoisotopic (exact) mass is 243 g/mol. The second-order valence-corrected chi connectivity index (χ2v) is 4.81. The molecule has 1 saturated heterocycles. The largest absolute Gasteiger partial charge is 0.444 e. The Morgan fingerprint density at radius 3 is 2.59 bits per heavy atom. The van der Waals surface area contributed by atoms with Crippen molar-refractivity contribution in [1.29, 1.82) is 0 Å². The molecule has 1 amide bonds. The van der Waals surface area contributed by atoms with Crippen LogP contribution in [-0.4, -0.2) is 54.5 Å². The van der Waals surface area contributed by atoms with Crippen molar-refractivity contribution in [3.05, 3.63) is 0 Å². The molecule has 0 aromatic rings. The van der Waals surface area contributed by atoms with Crippen molar-refractivity contribution >= 4 is 18.2 Å². The number of aldehydes is 1. The number of ether oxygens (including phenoxy) is 2. The normalized spacial score (nSPS) is 20.9. The van der Waals surface area contributed by atoms with Gasteiger partial charge in [-0.2, -0.15) is 0 Å². The smallest absolute Gasteiger partial charge is 0.410 e. The third kappa shape index (κ3) is 4.14. The van der Waals surface area contributed by atoms with Crippen molar-refractivity contribution in [3.63, 3.8) is 0 Å². The average molecular weight is 243 g/mol. The van der Waals surface area contributed by atoms with E-state index in [1.165, 1.54) is 4.90 Å². The number of carbonyl (C=O) groups excluding carboxylic acids is 3. The number of rotatable bonds is 2. The molecule has 6 nitrogen and oxygen atoms in total. The van der Waals surface area contributed by atoms with E-state index in [9.17, 15) is 14.4 Å². The Balaban J connectivity index is 2.57.